The Kier molecular flexibility index (Phi) is 38.4. The first-order chi connectivity index (χ1) is 59.4. The zero-order valence-electron chi connectivity index (χ0n) is 77.4. The van der Waals surface area contributed by atoms with Gasteiger partial charge in [0.05, 0.1) is 30.5 Å². The number of hydrogen-bond acceptors (Lipinski definition) is 11. The van der Waals surface area contributed by atoms with Crippen LogP contribution < -0.4 is 0 Å². The number of fused-ring (bicyclic) bond motifs is 23. The Morgan fingerprint density at radius 3 is 0.752 bits per heavy atom. The van der Waals surface area contributed by atoms with E-state index in [0.717, 1.165) is 34.7 Å². The summed E-state index contributed by atoms with van der Waals surface area (Å²) in [6.45, 7) is 27.9. The van der Waals surface area contributed by atoms with Gasteiger partial charge in [0.15, 0.2) is 0 Å². The Hall–Kier alpha value is -3.88. The molecule has 0 bridgehead atoms. The van der Waals surface area contributed by atoms with E-state index >= 15 is 0 Å². The molecule has 2 nitrogen and oxygen atoms in total. The van der Waals surface area contributed by atoms with Crippen LogP contribution in [0.15, 0.2) is 60.7 Å². The molecule has 0 aliphatic rings. The fourth-order valence-electron chi connectivity index (χ4n) is 20.7. The van der Waals surface area contributed by atoms with Crippen molar-refractivity contribution in [3.05, 3.63) is 100 Å². The van der Waals surface area contributed by atoms with Crippen molar-refractivity contribution < 1.29 is 0 Å². The highest BCUT2D eigenvalue weighted by atomic mass is 32.1. The lowest BCUT2D eigenvalue weighted by molar-refractivity contribution is 0.404. The van der Waals surface area contributed by atoms with Crippen molar-refractivity contribution in [2.75, 3.05) is 0 Å². The van der Waals surface area contributed by atoms with Gasteiger partial charge >= 0.3 is 0 Å². The standard InChI is InChI=1S/C58H78N2S5.C52H76S4/c1-7-11-15-19-21-25-29-41(27-23-17-13-9-3)34-43-36-46-47-37-44(35-42(28-24-18-14-10-4)30-26-22-20-16-12-8-2)63-56(47)52-49-38-50(45-32-31-39(5)53-54(45)60-65-59-53)64-58(49)57-48(33-40(6)61-57)51(52)55(46)62-43;1-7-11-15-19-21-25-29-39(27-23-17-13-9-3)33-41-35-43-44-36-42(34-40(28-24-18-14-10-4)30-26-22-20-16-12-8-2)56-50(44)48-46-32-38(6)54-52(46)51-45(31-37(5)53-51)47(48)49(43)55-41/h31-33,36-38,41-42H,7-30,34-35H2,1-6H3;31-32,35-36,39-40H,7-30,33-34H2,1-6H3. The van der Waals surface area contributed by atoms with E-state index in [1.807, 2.05) is 45.3 Å². The fraction of sp³-hybridized carbons (Fsp3) is 0.618. The van der Waals surface area contributed by atoms with Crippen molar-refractivity contribution in [2.45, 2.75) is 417 Å². The van der Waals surface area contributed by atoms with Gasteiger partial charge in [-0.1, -0.05) is 376 Å². The van der Waals surface area contributed by atoms with Gasteiger partial charge in [0.2, 0.25) is 0 Å². The molecule has 4 atom stereocenters. The molecule has 0 aliphatic heterocycles. The molecule has 0 saturated carbocycles. The maximum absolute atomic E-state index is 4.88. The fourth-order valence-corrected chi connectivity index (χ4v) is 31.3. The minimum atomic E-state index is 0.774. The van der Waals surface area contributed by atoms with E-state index in [9.17, 15) is 0 Å². The maximum Gasteiger partial charge on any atom is 0.113 e. The summed E-state index contributed by atoms with van der Waals surface area (Å²) in [7, 11) is 0. The van der Waals surface area contributed by atoms with Gasteiger partial charge in [0.25, 0.3) is 0 Å². The predicted octanol–water partition coefficient (Wildman–Crippen LogP) is 41.8. The van der Waals surface area contributed by atoms with Crippen LogP contribution in [0.5, 0.6) is 0 Å². The van der Waals surface area contributed by atoms with Gasteiger partial charge in [-0.3, -0.25) is 0 Å². The van der Waals surface area contributed by atoms with E-state index in [2.05, 4.69) is 189 Å². The quantitative estimate of drug-likeness (QED) is 0.0355. The van der Waals surface area contributed by atoms with Gasteiger partial charge in [-0.15, -0.1) is 90.7 Å². The molecule has 5 aromatic carbocycles. The molecule has 0 amide bonds. The molecular formula is C110H154N2S9. The number of benzene rings is 5. The molecule has 0 N–H and O–H groups in total. The van der Waals surface area contributed by atoms with E-state index in [1.165, 1.54) is 443 Å². The molecule has 9 aromatic heterocycles. The Morgan fingerprint density at radius 1 is 0.231 bits per heavy atom. The van der Waals surface area contributed by atoms with E-state index in [1.54, 1.807) is 55.2 Å². The molecular weight excluding hydrogens is 1640 g/mol. The van der Waals surface area contributed by atoms with Crippen LogP contribution in [0.4, 0.5) is 0 Å². The van der Waals surface area contributed by atoms with Crippen LogP contribution in [-0.2, 0) is 25.7 Å². The summed E-state index contributed by atoms with van der Waals surface area (Å²) in [6, 6.07) is 25.5. The first kappa shape index (κ1) is 94.7. The van der Waals surface area contributed by atoms with Crippen LogP contribution in [0.25, 0.3) is 124 Å². The number of thiophene rings is 8. The Labute approximate surface area is 768 Å². The van der Waals surface area contributed by atoms with Crippen LogP contribution in [0, 0.1) is 51.4 Å². The van der Waals surface area contributed by atoms with Gasteiger partial charge in [0, 0.05) is 128 Å². The Bertz CT molecular complexity index is 5320. The third-order valence-electron chi connectivity index (χ3n) is 27.5. The van der Waals surface area contributed by atoms with E-state index < -0.39 is 0 Å². The average Bonchev–Trinajstić information content (AvgIpc) is 1.55. The maximum atomic E-state index is 4.88. The second-order valence-corrected chi connectivity index (χ2v) is 47.7. The molecule has 4 unspecified atom stereocenters. The van der Waals surface area contributed by atoms with E-state index in [0.29, 0.717) is 0 Å². The number of unbranched alkanes of at least 4 members (excludes halogenated alkanes) is 32. The predicted molar refractivity (Wildman–Crippen MR) is 562 cm³/mol. The molecule has 0 fully saturated rings. The molecule has 9 heterocycles. The normalized spacial score (nSPS) is 13.4. The highest BCUT2D eigenvalue weighted by Crippen LogP contribution is 2.56. The topological polar surface area (TPSA) is 25.8 Å². The first-order valence-electron chi connectivity index (χ1n) is 50.1. The van der Waals surface area contributed by atoms with Crippen molar-refractivity contribution in [1.82, 2.24) is 8.75 Å². The van der Waals surface area contributed by atoms with Crippen molar-refractivity contribution >= 4 is 216 Å². The Morgan fingerprint density at radius 2 is 0.471 bits per heavy atom. The largest absolute Gasteiger partial charge is 0.173 e. The van der Waals surface area contributed by atoms with E-state index in [4.69, 9.17) is 8.75 Å². The Balaban J connectivity index is 0.000000211. The highest BCUT2D eigenvalue weighted by molar-refractivity contribution is 7.30. The van der Waals surface area contributed by atoms with Crippen molar-refractivity contribution in [3.8, 4) is 10.4 Å². The van der Waals surface area contributed by atoms with Crippen LogP contribution in [-0.4, -0.2) is 8.75 Å². The minimum Gasteiger partial charge on any atom is -0.173 e. The zero-order valence-corrected chi connectivity index (χ0v) is 84.8. The van der Waals surface area contributed by atoms with Crippen LogP contribution >= 0.6 is 102 Å². The summed E-state index contributed by atoms with van der Waals surface area (Å²) < 4.78 is 21.8. The van der Waals surface area contributed by atoms with Gasteiger partial charge in [-0.2, -0.15) is 8.75 Å². The number of aromatic nitrogens is 2. The minimum absolute atomic E-state index is 0.774. The summed E-state index contributed by atoms with van der Waals surface area (Å²) in [6.07, 6.45) is 71.7. The molecule has 14 aromatic rings. The lowest BCUT2D eigenvalue weighted by Gasteiger charge is -2.16. The van der Waals surface area contributed by atoms with Crippen molar-refractivity contribution in [3.63, 3.8) is 0 Å². The van der Waals surface area contributed by atoms with Gasteiger partial charge < -0.3 is 0 Å². The number of nitrogens with zero attached hydrogens (tertiary/aromatic N) is 2. The van der Waals surface area contributed by atoms with Crippen LogP contribution in [0.3, 0.4) is 0 Å². The second kappa shape index (κ2) is 49.1. The zero-order chi connectivity index (χ0) is 84.4. The van der Waals surface area contributed by atoms with Gasteiger partial charge in [-0.05, 0) is 131 Å². The third-order valence-corrected chi connectivity index (χ3v) is 37.4. The second-order valence-electron chi connectivity index (χ2n) is 37.8. The first-order valence-corrected chi connectivity index (χ1v) is 57.3. The lowest BCUT2D eigenvalue weighted by atomic mass is 9.90. The summed E-state index contributed by atoms with van der Waals surface area (Å²) in [5.41, 5.74) is 4.54. The van der Waals surface area contributed by atoms with Crippen LogP contribution in [0.1, 0.15) is 403 Å². The molecule has 0 saturated heterocycles. The number of hydrogen-bond donors (Lipinski definition) is 0. The summed E-state index contributed by atoms with van der Waals surface area (Å²) in [5.74, 6) is 3.19. The molecule has 121 heavy (non-hydrogen) atoms. The SMILES string of the molecule is CCCCCCCCC(CCCCCC)Cc1cc2c3cc(CC(CCCCCC)CCCCCCCC)sc3c3c4cc(-c5ccc(C)c6nsnc56)sc4c4sc(C)cc4c3c2s1.CCCCCCCCC(CCCCCC)Cc1cc2c3cc(CC(CCCCCC)CCCCCCCC)sc3c3c4cc(C)sc4c4sc(C)cc4c3c2s1. The summed E-state index contributed by atoms with van der Waals surface area (Å²) >= 11 is 18.1. The molecule has 0 radical (unpaired) electrons. The van der Waals surface area contributed by atoms with E-state index in [-0.39, 0.29) is 0 Å². The van der Waals surface area contributed by atoms with Crippen molar-refractivity contribution in [2.24, 2.45) is 23.7 Å². The molecule has 14 rings (SSSR count). The summed E-state index contributed by atoms with van der Waals surface area (Å²) in [5, 5.41) is 18.3. The van der Waals surface area contributed by atoms with Crippen molar-refractivity contribution in [1.29, 1.82) is 0 Å². The van der Waals surface area contributed by atoms with Gasteiger partial charge in [-0.25, -0.2) is 0 Å². The number of aryl methyl sites for hydroxylation is 4. The summed E-state index contributed by atoms with van der Waals surface area (Å²) in [4.78, 5) is 12.2. The number of rotatable bonds is 57. The monoisotopic (exact) mass is 1790 g/mol. The molecule has 0 spiro atoms. The molecule has 11 heteroatoms. The molecule has 0 aliphatic carbocycles. The van der Waals surface area contributed by atoms with Crippen LogP contribution in [0.2, 0.25) is 0 Å². The molecule has 658 valence electrons. The smallest absolute Gasteiger partial charge is 0.113 e. The third kappa shape index (κ3) is 24.8. The average molecular weight is 1790 g/mol. The highest BCUT2D eigenvalue weighted by Gasteiger charge is 2.28. The van der Waals surface area contributed by atoms with Gasteiger partial charge in [0.1, 0.15) is 11.0 Å². The lowest BCUT2D eigenvalue weighted by Crippen LogP contribution is -2.04.